The van der Waals surface area contributed by atoms with Crippen molar-refractivity contribution in [3.63, 3.8) is 0 Å². The lowest BCUT2D eigenvalue weighted by atomic mass is 10.1. The van der Waals surface area contributed by atoms with E-state index in [1.54, 1.807) is 0 Å². The Labute approximate surface area is 186 Å². The third-order valence-electron chi connectivity index (χ3n) is 4.47. The summed E-state index contributed by atoms with van der Waals surface area (Å²) in [4.78, 5) is 27.8. The first kappa shape index (κ1) is 23.3. The zero-order valence-corrected chi connectivity index (χ0v) is 18.6. The molecule has 1 fully saturated rings. The third kappa shape index (κ3) is 6.10. The Morgan fingerprint density at radius 3 is 2.48 bits per heavy atom. The highest BCUT2D eigenvalue weighted by molar-refractivity contribution is 8.01. The summed E-state index contributed by atoms with van der Waals surface area (Å²) in [5, 5.41) is 11.7. The number of aromatic nitrogens is 2. The van der Waals surface area contributed by atoms with Crippen LogP contribution in [0.5, 0.6) is 0 Å². The number of nitrogens with zero attached hydrogens (tertiary/aromatic N) is 4. The average Bonchev–Trinajstić information content (AvgIpc) is 3.20. The summed E-state index contributed by atoms with van der Waals surface area (Å²) in [6.45, 7) is 5.21. The lowest BCUT2D eigenvalue weighted by molar-refractivity contribution is -0.138. The van der Waals surface area contributed by atoms with Gasteiger partial charge >= 0.3 is 6.18 Å². The summed E-state index contributed by atoms with van der Waals surface area (Å²) in [6.07, 6.45) is -4.58. The standard InChI is InChI=1S/C19H22F3N5O2S2/c1-12(2)23-15(28)11-30-18-25-24-17(31-18)27-9-7-26(8-10-27)16(29)13-5-3-4-6-14(13)19(20,21)22/h3-6,12H,7-11H2,1-2H3,(H,23,28). The highest BCUT2D eigenvalue weighted by Gasteiger charge is 2.36. The zero-order valence-electron chi connectivity index (χ0n) is 17.0. The molecule has 1 aliphatic heterocycles. The molecule has 12 heteroatoms. The predicted octanol–water partition coefficient (Wildman–Crippen LogP) is 3.14. The summed E-state index contributed by atoms with van der Waals surface area (Å²) >= 11 is 2.64. The van der Waals surface area contributed by atoms with E-state index < -0.39 is 17.6 Å². The van der Waals surface area contributed by atoms with Crippen molar-refractivity contribution in [2.24, 2.45) is 0 Å². The van der Waals surface area contributed by atoms with Gasteiger partial charge in [0.25, 0.3) is 5.91 Å². The molecule has 2 heterocycles. The minimum Gasteiger partial charge on any atom is -0.353 e. The van der Waals surface area contributed by atoms with E-state index in [0.29, 0.717) is 22.6 Å². The lowest BCUT2D eigenvalue weighted by Gasteiger charge is -2.34. The number of piperazine rings is 1. The van der Waals surface area contributed by atoms with E-state index in [4.69, 9.17) is 0 Å². The highest BCUT2D eigenvalue weighted by Crippen LogP contribution is 2.33. The van der Waals surface area contributed by atoms with E-state index >= 15 is 0 Å². The number of carbonyl (C=O) groups is 2. The molecule has 1 aromatic carbocycles. The number of thioether (sulfide) groups is 1. The first-order valence-corrected chi connectivity index (χ1v) is 11.4. The van der Waals surface area contributed by atoms with Crippen LogP contribution in [0.1, 0.15) is 29.8 Å². The van der Waals surface area contributed by atoms with Gasteiger partial charge < -0.3 is 15.1 Å². The molecule has 0 saturated carbocycles. The van der Waals surface area contributed by atoms with Gasteiger partial charge in [-0.2, -0.15) is 13.2 Å². The smallest absolute Gasteiger partial charge is 0.353 e. The van der Waals surface area contributed by atoms with E-state index in [0.717, 1.165) is 6.07 Å². The maximum Gasteiger partial charge on any atom is 0.417 e. The molecule has 0 atom stereocenters. The lowest BCUT2D eigenvalue weighted by Crippen LogP contribution is -2.49. The van der Waals surface area contributed by atoms with Crippen molar-refractivity contribution in [2.75, 3.05) is 36.8 Å². The Kier molecular flexibility index (Phi) is 7.42. The summed E-state index contributed by atoms with van der Waals surface area (Å²) in [6, 6.07) is 4.91. The van der Waals surface area contributed by atoms with Crippen molar-refractivity contribution >= 4 is 40.0 Å². The molecule has 0 radical (unpaired) electrons. The molecule has 3 rings (SSSR count). The highest BCUT2D eigenvalue weighted by atomic mass is 32.2. The van der Waals surface area contributed by atoms with E-state index in [2.05, 4.69) is 15.5 Å². The first-order chi connectivity index (χ1) is 14.6. The summed E-state index contributed by atoms with van der Waals surface area (Å²) in [5.41, 5.74) is -1.26. The quantitative estimate of drug-likeness (QED) is 0.650. The fourth-order valence-corrected chi connectivity index (χ4v) is 4.77. The minimum absolute atomic E-state index is 0.0696. The molecule has 0 unspecified atom stereocenters. The van der Waals surface area contributed by atoms with Gasteiger partial charge in [-0.05, 0) is 26.0 Å². The van der Waals surface area contributed by atoms with Crippen molar-refractivity contribution in [1.29, 1.82) is 0 Å². The van der Waals surface area contributed by atoms with Crippen LogP contribution in [0.25, 0.3) is 0 Å². The predicted molar refractivity (Wildman–Crippen MR) is 113 cm³/mol. The van der Waals surface area contributed by atoms with E-state index in [1.165, 1.54) is 46.2 Å². The molecule has 1 aliphatic rings. The van der Waals surface area contributed by atoms with Crippen LogP contribution in [0.2, 0.25) is 0 Å². The van der Waals surface area contributed by atoms with Crippen LogP contribution in [0.4, 0.5) is 18.3 Å². The fraction of sp³-hybridized carbons (Fsp3) is 0.474. The zero-order chi connectivity index (χ0) is 22.6. The first-order valence-electron chi connectivity index (χ1n) is 9.61. The van der Waals surface area contributed by atoms with Crippen LogP contribution in [0.3, 0.4) is 0 Å². The topological polar surface area (TPSA) is 78.4 Å². The number of hydrogen-bond acceptors (Lipinski definition) is 7. The molecule has 1 saturated heterocycles. The molecule has 31 heavy (non-hydrogen) atoms. The minimum atomic E-state index is -4.58. The number of amides is 2. The third-order valence-corrected chi connectivity index (χ3v) is 6.59. The Morgan fingerprint density at radius 2 is 1.84 bits per heavy atom. The summed E-state index contributed by atoms with van der Waals surface area (Å²) in [5.74, 6) is -0.464. The number of anilines is 1. The van der Waals surface area contributed by atoms with Gasteiger partial charge in [-0.3, -0.25) is 9.59 Å². The number of rotatable bonds is 6. The molecule has 7 nitrogen and oxygen atoms in total. The second kappa shape index (κ2) is 9.86. The fourth-order valence-electron chi connectivity index (χ4n) is 3.07. The molecule has 1 aromatic heterocycles. The van der Waals surface area contributed by atoms with Gasteiger partial charge in [-0.15, -0.1) is 10.2 Å². The number of halogens is 3. The van der Waals surface area contributed by atoms with Crippen LogP contribution >= 0.6 is 23.1 Å². The molecule has 0 bridgehead atoms. The number of carbonyl (C=O) groups excluding carboxylic acids is 2. The van der Waals surface area contributed by atoms with Gasteiger partial charge in [0.05, 0.1) is 16.9 Å². The van der Waals surface area contributed by atoms with Crippen LogP contribution in [0.15, 0.2) is 28.6 Å². The second-order valence-electron chi connectivity index (χ2n) is 7.18. The van der Waals surface area contributed by atoms with E-state index in [-0.39, 0.29) is 36.4 Å². The van der Waals surface area contributed by atoms with Crippen molar-refractivity contribution in [3.05, 3.63) is 35.4 Å². The van der Waals surface area contributed by atoms with E-state index in [1.807, 2.05) is 18.7 Å². The monoisotopic (exact) mass is 473 g/mol. The van der Waals surface area contributed by atoms with Crippen LogP contribution in [-0.4, -0.2) is 64.9 Å². The Morgan fingerprint density at radius 1 is 1.16 bits per heavy atom. The van der Waals surface area contributed by atoms with Crippen LogP contribution < -0.4 is 10.2 Å². The Bertz CT molecular complexity index is 927. The molecule has 168 valence electrons. The summed E-state index contributed by atoms with van der Waals surface area (Å²) < 4.78 is 40.3. The van der Waals surface area contributed by atoms with Crippen molar-refractivity contribution in [3.8, 4) is 0 Å². The number of hydrogen-bond donors (Lipinski definition) is 1. The average molecular weight is 474 g/mol. The van der Waals surface area contributed by atoms with Gasteiger partial charge in [0.2, 0.25) is 11.0 Å². The maximum absolute atomic E-state index is 13.2. The Hall–Kier alpha value is -2.34. The second-order valence-corrected chi connectivity index (χ2v) is 9.36. The normalized spacial score (nSPS) is 14.8. The van der Waals surface area contributed by atoms with Crippen LogP contribution in [-0.2, 0) is 11.0 Å². The van der Waals surface area contributed by atoms with Gasteiger partial charge in [0.15, 0.2) is 4.34 Å². The van der Waals surface area contributed by atoms with Crippen molar-refractivity contribution in [2.45, 2.75) is 30.4 Å². The van der Waals surface area contributed by atoms with Gasteiger partial charge in [-0.1, -0.05) is 35.2 Å². The van der Waals surface area contributed by atoms with Gasteiger partial charge in [0, 0.05) is 32.2 Å². The number of benzene rings is 1. The molecule has 2 aromatic rings. The molecule has 0 spiro atoms. The van der Waals surface area contributed by atoms with Gasteiger partial charge in [-0.25, -0.2) is 0 Å². The number of nitrogens with one attached hydrogen (secondary N) is 1. The molecule has 0 aliphatic carbocycles. The van der Waals surface area contributed by atoms with Crippen molar-refractivity contribution < 1.29 is 22.8 Å². The van der Waals surface area contributed by atoms with E-state index in [9.17, 15) is 22.8 Å². The van der Waals surface area contributed by atoms with Crippen molar-refractivity contribution in [1.82, 2.24) is 20.4 Å². The molecule has 1 N–H and O–H groups in total. The number of alkyl halides is 3. The molecule has 2 amide bonds. The largest absolute Gasteiger partial charge is 0.417 e. The molecular formula is C19H22F3N5O2S2. The van der Waals surface area contributed by atoms with Crippen LogP contribution in [0, 0.1) is 0 Å². The Balaban J connectivity index is 1.56. The maximum atomic E-state index is 13.2. The molecular weight excluding hydrogens is 451 g/mol. The summed E-state index contributed by atoms with van der Waals surface area (Å²) in [7, 11) is 0. The van der Waals surface area contributed by atoms with Gasteiger partial charge in [0.1, 0.15) is 0 Å². The SMILES string of the molecule is CC(C)NC(=O)CSc1nnc(N2CCN(C(=O)c3ccccc3C(F)(F)F)CC2)s1.